The molecule has 0 fully saturated rings. The van der Waals surface area contributed by atoms with Gasteiger partial charge in [0.15, 0.2) is 6.10 Å². The quantitative estimate of drug-likeness (QED) is 0.233. The Morgan fingerprint density at radius 1 is 1.14 bits per heavy atom. The lowest BCUT2D eigenvalue weighted by molar-refractivity contribution is -0.160. The number of hydrogen-bond acceptors (Lipinski definition) is 8. The van der Waals surface area contributed by atoms with Crippen LogP contribution >= 0.6 is 0 Å². The third kappa shape index (κ3) is 4.86. The van der Waals surface area contributed by atoms with Gasteiger partial charge in [-0.15, -0.1) is 0 Å². The van der Waals surface area contributed by atoms with Crippen LogP contribution in [-0.4, -0.2) is 73.0 Å². The van der Waals surface area contributed by atoms with Crippen LogP contribution in [0.3, 0.4) is 0 Å². The van der Waals surface area contributed by atoms with E-state index >= 15 is 0 Å². The van der Waals surface area contributed by atoms with Gasteiger partial charge in [0.05, 0.1) is 6.21 Å². The number of hydrazone groups is 1. The third-order valence-electron chi connectivity index (χ3n) is 2.61. The minimum atomic E-state index is -2.27. The van der Waals surface area contributed by atoms with Gasteiger partial charge in [-0.3, -0.25) is 9.78 Å². The van der Waals surface area contributed by atoms with Gasteiger partial charge in [0, 0.05) is 18.0 Å². The van der Waals surface area contributed by atoms with Gasteiger partial charge in [0.1, 0.15) is 18.3 Å². The maximum atomic E-state index is 11.6. The summed E-state index contributed by atoms with van der Waals surface area (Å²) in [5, 5.41) is 49.1. The number of aliphatic hydroxyl groups is 4. The molecule has 0 aliphatic heterocycles. The molecule has 0 saturated heterocycles. The SMILES string of the molecule is O=C(NN=C[C@H](O)[C@H](O)[C@H](O)[C@@H](O)C(=O)O)c1ccncc1. The third-order valence-corrected chi connectivity index (χ3v) is 2.61. The van der Waals surface area contributed by atoms with E-state index in [1.807, 2.05) is 5.43 Å². The van der Waals surface area contributed by atoms with Crippen LogP contribution in [0, 0.1) is 0 Å². The first-order valence-corrected chi connectivity index (χ1v) is 6.03. The average molecular weight is 313 g/mol. The highest BCUT2D eigenvalue weighted by Gasteiger charge is 2.33. The molecule has 10 heteroatoms. The molecular formula is C12H15N3O7. The van der Waals surface area contributed by atoms with E-state index in [2.05, 4.69) is 10.1 Å². The monoisotopic (exact) mass is 313 g/mol. The van der Waals surface area contributed by atoms with Crippen molar-refractivity contribution in [2.45, 2.75) is 24.4 Å². The summed E-state index contributed by atoms with van der Waals surface area (Å²) in [5.74, 6) is -2.37. The molecule has 1 rings (SSSR count). The Hall–Kier alpha value is -2.40. The van der Waals surface area contributed by atoms with E-state index in [0.29, 0.717) is 6.21 Å². The molecule has 0 aliphatic rings. The van der Waals surface area contributed by atoms with E-state index in [1.165, 1.54) is 24.5 Å². The first-order valence-electron chi connectivity index (χ1n) is 6.03. The first-order chi connectivity index (χ1) is 10.3. The van der Waals surface area contributed by atoms with Crippen molar-refractivity contribution in [1.29, 1.82) is 0 Å². The van der Waals surface area contributed by atoms with Gasteiger partial charge < -0.3 is 25.5 Å². The molecule has 0 aliphatic carbocycles. The standard InChI is InChI=1S/C12H15N3O7/c16-7(8(17)9(18)10(19)12(21)22)5-14-15-11(20)6-1-3-13-4-2-6/h1-5,7-10,16-19H,(H,15,20)(H,21,22)/t7-,8-,9-,10+/m0/s1. The Bertz CT molecular complexity index is 537. The molecule has 10 nitrogen and oxygen atoms in total. The molecule has 6 N–H and O–H groups in total. The number of aromatic nitrogens is 1. The molecule has 0 saturated carbocycles. The number of pyridine rings is 1. The van der Waals surface area contributed by atoms with E-state index < -0.39 is 36.3 Å². The number of amides is 1. The van der Waals surface area contributed by atoms with Crippen molar-refractivity contribution in [3.8, 4) is 0 Å². The zero-order valence-electron chi connectivity index (χ0n) is 11.1. The van der Waals surface area contributed by atoms with Crippen molar-refractivity contribution >= 4 is 18.1 Å². The van der Waals surface area contributed by atoms with Gasteiger partial charge in [-0.05, 0) is 12.1 Å². The zero-order valence-corrected chi connectivity index (χ0v) is 11.1. The van der Waals surface area contributed by atoms with Gasteiger partial charge in [-0.1, -0.05) is 0 Å². The van der Waals surface area contributed by atoms with Crippen LogP contribution < -0.4 is 5.43 Å². The van der Waals surface area contributed by atoms with Crippen molar-refractivity contribution < 1.29 is 35.1 Å². The Morgan fingerprint density at radius 3 is 2.27 bits per heavy atom. The van der Waals surface area contributed by atoms with Crippen molar-refractivity contribution in [3.63, 3.8) is 0 Å². The van der Waals surface area contributed by atoms with Crippen LogP contribution in [0.15, 0.2) is 29.6 Å². The molecule has 1 aromatic heterocycles. The molecule has 0 unspecified atom stereocenters. The van der Waals surface area contributed by atoms with Gasteiger partial charge in [0.2, 0.25) is 0 Å². The van der Waals surface area contributed by atoms with Crippen LogP contribution in [0.5, 0.6) is 0 Å². The second kappa shape index (κ2) is 8.14. The predicted octanol–water partition coefficient (Wildman–Crippen LogP) is -2.67. The number of aliphatic carboxylic acids is 1. The summed E-state index contributed by atoms with van der Waals surface area (Å²) in [6.45, 7) is 0. The number of carbonyl (C=O) groups is 2. The van der Waals surface area contributed by atoms with E-state index in [1.54, 1.807) is 0 Å². The molecule has 120 valence electrons. The molecule has 22 heavy (non-hydrogen) atoms. The maximum absolute atomic E-state index is 11.6. The van der Waals surface area contributed by atoms with Crippen molar-refractivity contribution in [2.75, 3.05) is 0 Å². The number of hydrogen-bond donors (Lipinski definition) is 6. The summed E-state index contributed by atoms with van der Waals surface area (Å²) < 4.78 is 0. The fraction of sp³-hybridized carbons (Fsp3) is 0.333. The van der Waals surface area contributed by atoms with Crippen LogP contribution in [0.25, 0.3) is 0 Å². The minimum Gasteiger partial charge on any atom is -0.479 e. The van der Waals surface area contributed by atoms with Crippen molar-refractivity contribution in [2.24, 2.45) is 5.10 Å². The van der Waals surface area contributed by atoms with Crippen LogP contribution in [0.1, 0.15) is 10.4 Å². The highest BCUT2D eigenvalue weighted by atomic mass is 16.4. The average Bonchev–Trinajstić information content (AvgIpc) is 2.53. The number of carbonyl (C=O) groups excluding carboxylic acids is 1. The summed E-state index contributed by atoms with van der Waals surface area (Å²) in [7, 11) is 0. The lowest BCUT2D eigenvalue weighted by Gasteiger charge is -2.22. The molecular weight excluding hydrogens is 298 g/mol. The van der Waals surface area contributed by atoms with E-state index in [9.17, 15) is 24.9 Å². The molecule has 4 atom stereocenters. The topological polar surface area (TPSA) is 173 Å². The number of nitrogens with zero attached hydrogens (tertiary/aromatic N) is 2. The number of carboxylic acid groups (broad SMARTS) is 1. The second-order valence-corrected chi connectivity index (χ2v) is 4.21. The fourth-order valence-corrected chi connectivity index (χ4v) is 1.36. The molecule has 1 aromatic rings. The second-order valence-electron chi connectivity index (χ2n) is 4.21. The Morgan fingerprint density at radius 2 is 1.73 bits per heavy atom. The highest BCUT2D eigenvalue weighted by molar-refractivity contribution is 5.94. The maximum Gasteiger partial charge on any atom is 0.335 e. The Balaban J connectivity index is 2.55. The van der Waals surface area contributed by atoms with Gasteiger partial charge >= 0.3 is 5.97 Å². The number of nitrogens with one attached hydrogen (secondary N) is 1. The smallest absolute Gasteiger partial charge is 0.335 e. The number of rotatable bonds is 7. The fourth-order valence-electron chi connectivity index (χ4n) is 1.36. The Labute approximate surface area is 124 Å². The molecule has 0 aromatic carbocycles. The minimum absolute atomic E-state index is 0.253. The summed E-state index contributed by atoms with van der Waals surface area (Å²) in [4.78, 5) is 25.7. The van der Waals surface area contributed by atoms with Crippen LogP contribution in [-0.2, 0) is 4.79 Å². The van der Waals surface area contributed by atoms with Gasteiger partial charge in [-0.25, -0.2) is 10.2 Å². The number of aliphatic hydroxyl groups excluding tert-OH is 4. The lowest BCUT2D eigenvalue weighted by Crippen LogP contribution is -2.48. The summed E-state index contributed by atoms with van der Waals surface area (Å²) in [6, 6.07) is 2.84. The van der Waals surface area contributed by atoms with Crippen molar-refractivity contribution in [1.82, 2.24) is 10.4 Å². The Kier molecular flexibility index (Phi) is 6.53. The predicted molar refractivity (Wildman–Crippen MR) is 71.9 cm³/mol. The number of carboxylic acids is 1. The summed E-state index contributed by atoms with van der Waals surface area (Å²) >= 11 is 0. The molecule has 0 bridgehead atoms. The molecule has 0 radical (unpaired) electrons. The molecule has 1 heterocycles. The lowest BCUT2D eigenvalue weighted by atomic mass is 10.0. The zero-order chi connectivity index (χ0) is 16.7. The van der Waals surface area contributed by atoms with Crippen LogP contribution in [0.4, 0.5) is 0 Å². The largest absolute Gasteiger partial charge is 0.479 e. The van der Waals surface area contributed by atoms with E-state index in [0.717, 1.165) is 0 Å². The first kappa shape index (κ1) is 17.7. The molecule has 0 spiro atoms. The normalized spacial score (nSPS) is 16.7. The van der Waals surface area contributed by atoms with Gasteiger partial charge in [0.25, 0.3) is 5.91 Å². The van der Waals surface area contributed by atoms with E-state index in [4.69, 9.17) is 10.2 Å². The van der Waals surface area contributed by atoms with Gasteiger partial charge in [-0.2, -0.15) is 5.10 Å². The molecule has 1 amide bonds. The van der Waals surface area contributed by atoms with Crippen molar-refractivity contribution in [3.05, 3.63) is 30.1 Å². The summed E-state index contributed by atoms with van der Waals surface area (Å²) in [6.07, 6.45) is -4.75. The summed E-state index contributed by atoms with van der Waals surface area (Å²) in [5.41, 5.74) is 2.30. The highest BCUT2D eigenvalue weighted by Crippen LogP contribution is 2.04. The van der Waals surface area contributed by atoms with E-state index in [-0.39, 0.29) is 5.56 Å². The van der Waals surface area contributed by atoms with Crippen LogP contribution in [0.2, 0.25) is 0 Å².